The molecule has 0 saturated carbocycles. The van der Waals surface area contributed by atoms with Crippen molar-refractivity contribution in [3.8, 4) is 0 Å². The minimum Gasteiger partial charge on any atom is -0.374 e. The maximum atomic E-state index is 6.14. The molecule has 21 heavy (non-hydrogen) atoms. The molecule has 0 bridgehead atoms. The van der Waals surface area contributed by atoms with E-state index in [0.717, 1.165) is 5.92 Å². The first-order valence-electron chi connectivity index (χ1n) is 8.40. The lowest BCUT2D eigenvalue weighted by atomic mass is 9.96. The van der Waals surface area contributed by atoms with Crippen LogP contribution in [-0.4, -0.2) is 37.6 Å². The van der Waals surface area contributed by atoms with Gasteiger partial charge in [-0.05, 0) is 49.3 Å². The molecule has 0 aliphatic carbocycles. The summed E-state index contributed by atoms with van der Waals surface area (Å²) >= 11 is 0. The quantitative estimate of drug-likeness (QED) is 0.928. The number of nitrogens with zero attached hydrogens (tertiary/aromatic N) is 2. The van der Waals surface area contributed by atoms with E-state index in [-0.39, 0.29) is 0 Å². The zero-order valence-electron chi connectivity index (χ0n) is 13.7. The Bertz CT molecular complexity index is 499. The molecule has 1 aromatic carbocycles. The van der Waals surface area contributed by atoms with Gasteiger partial charge in [0.25, 0.3) is 0 Å². The van der Waals surface area contributed by atoms with Crippen LogP contribution in [0, 0.1) is 5.92 Å². The van der Waals surface area contributed by atoms with Crippen molar-refractivity contribution in [2.24, 2.45) is 11.7 Å². The number of nitrogens with two attached hydrogens (primary N) is 1. The van der Waals surface area contributed by atoms with Crippen LogP contribution < -0.4 is 10.6 Å². The summed E-state index contributed by atoms with van der Waals surface area (Å²) in [4.78, 5) is 4.99. The Morgan fingerprint density at radius 1 is 1.33 bits per heavy atom. The topological polar surface area (TPSA) is 32.5 Å². The lowest BCUT2D eigenvalue weighted by Gasteiger charge is -2.33. The largest absolute Gasteiger partial charge is 0.374 e. The Morgan fingerprint density at radius 3 is 2.81 bits per heavy atom. The number of benzene rings is 1. The number of fused-ring (bicyclic) bond motifs is 1. The SMILES string of the molecule is CC1CC(C)N(C(CN)c2ccc3c(c2)CCCN3C)C1. The van der Waals surface area contributed by atoms with Crippen molar-refractivity contribution in [3.63, 3.8) is 0 Å². The number of hydrogen-bond donors (Lipinski definition) is 1. The highest BCUT2D eigenvalue weighted by molar-refractivity contribution is 5.56. The van der Waals surface area contributed by atoms with Gasteiger partial charge >= 0.3 is 0 Å². The smallest absolute Gasteiger partial charge is 0.0473 e. The fourth-order valence-corrected chi connectivity index (χ4v) is 4.24. The molecule has 0 radical (unpaired) electrons. The average molecular weight is 287 g/mol. The Morgan fingerprint density at radius 2 is 2.14 bits per heavy atom. The first-order chi connectivity index (χ1) is 10.1. The predicted molar refractivity (Wildman–Crippen MR) is 89.8 cm³/mol. The highest BCUT2D eigenvalue weighted by Gasteiger charge is 2.32. The van der Waals surface area contributed by atoms with E-state index in [4.69, 9.17) is 5.73 Å². The van der Waals surface area contributed by atoms with E-state index in [2.05, 4.69) is 48.9 Å². The Labute approximate surface area is 129 Å². The van der Waals surface area contributed by atoms with Crippen molar-refractivity contribution >= 4 is 5.69 Å². The van der Waals surface area contributed by atoms with Crippen molar-refractivity contribution < 1.29 is 0 Å². The molecular weight excluding hydrogens is 258 g/mol. The van der Waals surface area contributed by atoms with Gasteiger partial charge in [-0.1, -0.05) is 19.1 Å². The van der Waals surface area contributed by atoms with Gasteiger partial charge in [0.15, 0.2) is 0 Å². The average Bonchev–Trinajstić information content (AvgIpc) is 2.79. The molecule has 3 unspecified atom stereocenters. The van der Waals surface area contributed by atoms with Gasteiger partial charge in [0, 0.05) is 44.5 Å². The van der Waals surface area contributed by atoms with Crippen LogP contribution in [0.25, 0.3) is 0 Å². The Hall–Kier alpha value is -1.06. The first-order valence-corrected chi connectivity index (χ1v) is 8.40. The second-order valence-corrected chi connectivity index (χ2v) is 7.05. The molecule has 2 aliphatic heterocycles. The van der Waals surface area contributed by atoms with Crippen LogP contribution in [0.1, 0.15) is 43.9 Å². The minimum atomic E-state index is 0.377. The zero-order chi connectivity index (χ0) is 15.0. The number of likely N-dealkylation sites (tertiary alicyclic amines) is 1. The first kappa shape index (κ1) is 14.9. The third-order valence-corrected chi connectivity index (χ3v) is 5.29. The minimum absolute atomic E-state index is 0.377. The van der Waals surface area contributed by atoms with E-state index in [1.807, 2.05) is 0 Å². The monoisotopic (exact) mass is 287 g/mol. The summed E-state index contributed by atoms with van der Waals surface area (Å²) in [6.45, 7) is 7.77. The lowest BCUT2D eigenvalue weighted by molar-refractivity contribution is 0.192. The van der Waals surface area contributed by atoms with E-state index in [9.17, 15) is 0 Å². The standard InChI is InChI=1S/C18H29N3/c1-13-9-14(2)21(12-13)18(11-19)16-6-7-17-15(10-16)5-4-8-20(17)3/h6-7,10,13-14,18H,4-5,8-9,11-12,19H2,1-3H3. The summed E-state index contributed by atoms with van der Waals surface area (Å²) in [7, 11) is 2.20. The van der Waals surface area contributed by atoms with E-state index >= 15 is 0 Å². The van der Waals surface area contributed by atoms with Gasteiger partial charge < -0.3 is 10.6 Å². The van der Waals surface area contributed by atoms with Crippen LogP contribution in [0.5, 0.6) is 0 Å². The summed E-state index contributed by atoms with van der Waals surface area (Å²) in [5.74, 6) is 0.790. The number of rotatable bonds is 3. The van der Waals surface area contributed by atoms with Crippen LogP contribution in [0.3, 0.4) is 0 Å². The van der Waals surface area contributed by atoms with Crippen molar-refractivity contribution in [3.05, 3.63) is 29.3 Å². The lowest BCUT2D eigenvalue weighted by Crippen LogP contribution is -2.36. The number of hydrogen-bond acceptors (Lipinski definition) is 3. The van der Waals surface area contributed by atoms with E-state index in [1.165, 1.54) is 49.2 Å². The Balaban J connectivity index is 1.88. The van der Waals surface area contributed by atoms with Crippen LogP contribution in [-0.2, 0) is 6.42 Å². The maximum Gasteiger partial charge on any atom is 0.0473 e. The summed E-state index contributed by atoms with van der Waals surface area (Å²) < 4.78 is 0. The molecule has 3 nitrogen and oxygen atoms in total. The fraction of sp³-hybridized carbons (Fsp3) is 0.667. The second-order valence-electron chi connectivity index (χ2n) is 7.05. The summed E-state index contributed by atoms with van der Waals surface area (Å²) in [6, 6.07) is 8.04. The molecule has 3 heteroatoms. The van der Waals surface area contributed by atoms with E-state index < -0.39 is 0 Å². The molecule has 1 saturated heterocycles. The van der Waals surface area contributed by atoms with Crippen molar-refractivity contribution in [2.45, 2.75) is 45.2 Å². The van der Waals surface area contributed by atoms with Crippen LogP contribution in [0.4, 0.5) is 5.69 Å². The van der Waals surface area contributed by atoms with Crippen LogP contribution in [0.2, 0.25) is 0 Å². The molecule has 116 valence electrons. The molecule has 0 amide bonds. The zero-order valence-corrected chi connectivity index (χ0v) is 13.7. The van der Waals surface area contributed by atoms with Gasteiger partial charge in [-0.2, -0.15) is 0 Å². The van der Waals surface area contributed by atoms with Gasteiger partial charge in [-0.25, -0.2) is 0 Å². The molecule has 2 heterocycles. The molecule has 0 aromatic heterocycles. The summed E-state index contributed by atoms with van der Waals surface area (Å²) in [5.41, 5.74) is 10.5. The van der Waals surface area contributed by atoms with Gasteiger partial charge in [0.1, 0.15) is 0 Å². The van der Waals surface area contributed by atoms with Crippen molar-refractivity contribution in [1.29, 1.82) is 0 Å². The highest BCUT2D eigenvalue weighted by Crippen LogP contribution is 2.34. The number of aryl methyl sites for hydroxylation is 1. The molecule has 1 aromatic rings. The molecule has 1 fully saturated rings. The summed E-state index contributed by atoms with van der Waals surface area (Å²) in [5, 5.41) is 0. The van der Waals surface area contributed by atoms with Crippen molar-refractivity contribution in [1.82, 2.24) is 4.90 Å². The van der Waals surface area contributed by atoms with E-state index in [0.29, 0.717) is 18.6 Å². The van der Waals surface area contributed by atoms with Gasteiger partial charge in [-0.15, -0.1) is 0 Å². The number of anilines is 1. The molecule has 3 rings (SSSR count). The van der Waals surface area contributed by atoms with Crippen LogP contribution >= 0.6 is 0 Å². The highest BCUT2D eigenvalue weighted by atomic mass is 15.2. The second kappa shape index (κ2) is 5.98. The Kier molecular flexibility index (Phi) is 4.23. The molecule has 2 N–H and O–H groups in total. The molecule has 3 atom stereocenters. The van der Waals surface area contributed by atoms with Crippen molar-refractivity contribution in [2.75, 3.05) is 31.6 Å². The predicted octanol–water partition coefficient (Wildman–Crippen LogP) is 2.80. The third-order valence-electron chi connectivity index (χ3n) is 5.29. The van der Waals surface area contributed by atoms with Gasteiger partial charge in [0.2, 0.25) is 0 Å². The van der Waals surface area contributed by atoms with E-state index in [1.54, 1.807) is 0 Å². The molecule has 2 aliphatic rings. The normalized spacial score (nSPS) is 27.7. The van der Waals surface area contributed by atoms with Gasteiger partial charge in [0.05, 0.1) is 0 Å². The third kappa shape index (κ3) is 2.82. The molecular formula is C18H29N3. The fourth-order valence-electron chi connectivity index (χ4n) is 4.24. The molecule has 0 spiro atoms. The van der Waals surface area contributed by atoms with Crippen LogP contribution in [0.15, 0.2) is 18.2 Å². The van der Waals surface area contributed by atoms with Gasteiger partial charge in [-0.3, -0.25) is 4.90 Å². The summed E-state index contributed by atoms with van der Waals surface area (Å²) in [6.07, 6.45) is 3.76. The maximum absolute atomic E-state index is 6.14.